The molecule has 52 valence electrons. The van der Waals surface area contributed by atoms with Gasteiger partial charge >= 0.3 is 0 Å². The Kier molecular flexibility index (Phi) is 1.92. The highest BCUT2D eigenvalue weighted by molar-refractivity contribution is 6.30. The summed E-state index contributed by atoms with van der Waals surface area (Å²) in [6.45, 7) is 3.32. The minimum atomic E-state index is -0.0573. The molecular weight excluding hydrogens is 150 g/mol. The predicted octanol–water partition coefficient (Wildman–Crippen LogP) is 2.26. The smallest absolute Gasteiger partial charge is 0.139 e. The highest BCUT2D eigenvalue weighted by Crippen LogP contribution is 2.16. The van der Waals surface area contributed by atoms with Crippen molar-refractivity contribution in [1.29, 1.82) is 0 Å². The summed E-state index contributed by atoms with van der Waals surface area (Å²) in [5, 5.41) is 9.16. The predicted molar refractivity (Wildman–Crippen MR) is 40.9 cm³/mol. The van der Waals surface area contributed by atoms with E-state index in [1.54, 1.807) is 18.3 Å². The van der Waals surface area contributed by atoms with Gasteiger partial charge in [-0.05, 0) is 12.1 Å². The molecule has 1 rings (SSSR count). The first kappa shape index (κ1) is 7.09. The molecule has 0 bridgehead atoms. The molecule has 10 heavy (non-hydrogen) atoms. The number of pyridine rings is 1. The van der Waals surface area contributed by atoms with Crippen LogP contribution in [0, 0.1) is 0 Å². The second kappa shape index (κ2) is 2.71. The summed E-state index contributed by atoms with van der Waals surface area (Å²) in [6, 6.07) is 3.33. The quantitative estimate of drug-likeness (QED) is 0.499. The molecule has 0 unspecified atom stereocenters. The monoisotopic (exact) mass is 155 g/mol. The molecule has 2 nitrogen and oxygen atoms in total. The van der Waals surface area contributed by atoms with Crippen LogP contribution in [0.2, 0.25) is 5.15 Å². The second-order valence-electron chi connectivity index (χ2n) is 1.79. The van der Waals surface area contributed by atoms with Crippen LogP contribution in [0.15, 0.2) is 24.9 Å². The van der Waals surface area contributed by atoms with E-state index in [1.165, 1.54) is 0 Å². The Morgan fingerprint density at radius 2 is 2.40 bits per heavy atom. The molecular formula is C7H6ClNO. The Balaban J connectivity index is 3.15. The number of hydrogen-bond acceptors (Lipinski definition) is 2. The fourth-order valence-electron chi connectivity index (χ4n) is 0.601. The van der Waals surface area contributed by atoms with Gasteiger partial charge < -0.3 is 5.11 Å². The summed E-state index contributed by atoms with van der Waals surface area (Å²) in [5.41, 5.74) is 0.476. The Morgan fingerprint density at radius 1 is 1.70 bits per heavy atom. The van der Waals surface area contributed by atoms with Gasteiger partial charge in [0.2, 0.25) is 0 Å². The van der Waals surface area contributed by atoms with E-state index in [-0.39, 0.29) is 10.9 Å². The molecule has 0 aromatic carbocycles. The number of rotatable bonds is 1. The van der Waals surface area contributed by atoms with Crippen molar-refractivity contribution in [2.75, 3.05) is 0 Å². The third-order valence-electron chi connectivity index (χ3n) is 1.07. The van der Waals surface area contributed by atoms with Crippen LogP contribution < -0.4 is 0 Å². The van der Waals surface area contributed by atoms with Crippen LogP contribution in [-0.4, -0.2) is 10.1 Å². The van der Waals surface area contributed by atoms with Crippen molar-refractivity contribution in [2.24, 2.45) is 0 Å². The van der Waals surface area contributed by atoms with E-state index in [2.05, 4.69) is 11.6 Å². The van der Waals surface area contributed by atoms with Crippen LogP contribution >= 0.6 is 11.6 Å². The minimum absolute atomic E-state index is 0.0573. The van der Waals surface area contributed by atoms with Gasteiger partial charge in [-0.15, -0.1) is 0 Å². The minimum Gasteiger partial charge on any atom is -0.508 e. The van der Waals surface area contributed by atoms with Crippen molar-refractivity contribution in [3.8, 4) is 0 Å². The van der Waals surface area contributed by atoms with Crippen molar-refractivity contribution in [3.05, 3.63) is 35.6 Å². The van der Waals surface area contributed by atoms with E-state index < -0.39 is 0 Å². The van der Waals surface area contributed by atoms with Gasteiger partial charge in [-0.2, -0.15) is 0 Å². The maximum atomic E-state index is 8.89. The molecule has 1 aromatic rings. The van der Waals surface area contributed by atoms with Gasteiger partial charge in [-0.1, -0.05) is 18.2 Å². The molecule has 0 aliphatic rings. The lowest BCUT2D eigenvalue weighted by Crippen LogP contribution is -1.84. The first-order valence-corrected chi connectivity index (χ1v) is 3.08. The number of aliphatic hydroxyl groups excluding tert-OH is 1. The van der Waals surface area contributed by atoms with E-state index in [1.807, 2.05) is 0 Å². The average molecular weight is 156 g/mol. The number of hydrogen-bond donors (Lipinski definition) is 1. The van der Waals surface area contributed by atoms with Crippen LogP contribution in [0.1, 0.15) is 5.56 Å². The highest BCUT2D eigenvalue weighted by Gasteiger charge is 2.00. The summed E-state index contributed by atoms with van der Waals surface area (Å²) in [6.07, 6.45) is 1.55. The van der Waals surface area contributed by atoms with Gasteiger partial charge in [0.15, 0.2) is 0 Å². The first-order chi connectivity index (χ1) is 4.72. The number of aliphatic hydroxyl groups is 1. The SMILES string of the molecule is C=C(O)c1cccnc1Cl. The summed E-state index contributed by atoms with van der Waals surface area (Å²) >= 11 is 5.59. The molecule has 0 saturated carbocycles. The van der Waals surface area contributed by atoms with Crippen LogP contribution in [0.4, 0.5) is 0 Å². The Labute approximate surface area is 63.8 Å². The third-order valence-corrected chi connectivity index (χ3v) is 1.37. The topological polar surface area (TPSA) is 33.1 Å². The Bertz CT molecular complexity index is 260. The maximum Gasteiger partial charge on any atom is 0.139 e. The largest absolute Gasteiger partial charge is 0.508 e. The molecule has 1 aromatic heterocycles. The van der Waals surface area contributed by atoms with Gasteiger partial charge in [0.05, 0.1) is 5.56 Å². The fourth-order valence-corrected chi connectivity index (χ4v) is 0.830. The summed E-state index contributed by atoms with van der Waals surface area (Å²) in [4.78, 5) is 3.74. The second-order valence-corrected chi connectivity index (χ2v) is 2.15. The van der Waals surface area contributed by atoms with E-state index in [0.29, 0.717) is 5.56 Å². The summed E-state index contributed by atoms with van der Waals surface area (Å²) in [5.74, 6) is -0.0573. The van der Waals surface area contributed by atoms with Crippen LogP contribution in [-0.2, 0) is 0 Å². The van der Waals surface area contributed by atoms with Crippen LogP contribution in [0.3, 0.4) is 0 Å². The molecule has 0 fully saturated rings. The molecule has 0 aliphatic heterocycles. The number of halogens is 1. The van der Waals surface area contributed by atoms with Crippen molar-refractivity contribution in [2.45, 2.75) is 0 Å². The Morgan fingerprint density at radius 3 is 2.80 bits per heavy atom. The van der Waals surface area contributed by atoms with Gasteiger partial charge in [0.1, 0.15) is 10.9 Å². The molecule has 0 spiro atoms. The molecule has 0 atom stereocenters. The zero-order valence-electron chi connectivity index (χ0n) is 5.21. The maximum absolute atomic E-state index is 8.89. The first-order valence-electron chi connectivity index (χ1n) is 2.70. The van der Waals surface area contributed by atoms with Gasteiger partial charge in [-0.3, -0.25) is 0 Å². The lowest BCUT2D eigenvalue weighted by atomic mass is 10.2. The lowest BCUT2D eigenvalue weighted by molar-refractivity contribution is 0.513. The molecule has 0 amide bonds. The van der Waals surface area contributed by atoms with E-state index in [0.717, 1.165) is 0 Å². The number of aromatic nitrogens is 1. The van der Waals surface area contributed by atoms with Crippen molar-refractivity contribution >= 4 is 17.4 Å². The molecule has 1 heterocycles. The van der Waals surface area contributed by atoms with Crippen molar-refractivity contribution in [3.63, 3.8) is 0 Å². The van der Waals surface area contributed by atoms with Gasteiger partial charge in [0.25, 0.3) is 0 Å². The van der Waals surface area contributed by atoms with Gasteiger partial charge in [-0.25, -0.2) is 4.98 Å². The number of nitrogens with zero attached hydrogens (tertiary/aromatic N) is 1. The van der Waals surface area contributed by atoms with Crippen molar-refractivity contribution in [1.82, 2.24) is 4.98 Å². The van der Waals surface area contributed by atoms with E-state index in [4.69, 9.17) is 16.7 Å². The Hall–Kier alpha value is -1.02. The van der Waals surface area contributed by atoms with E-state index >= 15 is 0 Å². The molecule has 1 N–H and O–H groups in total. The highest BCUT2D eigenvalue weighted by atomic mass is 35.5. The van der Waals surface area contributed by atoms with E-state index in [9.17, 15) is 0 Å². The standard InChI is InChI=1S/C7H6ClNO/c1-5(10)6-3-2-4-9-7(6)8/h2-4,10H,1H2. The molecule has 0 radical (unpaired) electrons. The van der Waals surface area contributed by atoms with Crippen molar-refractivity contribution < 1.29 is 5.11 Å². The average Bonchev–Trinajstić information content (AvgIpc) is 1.88. The third kappa shape index (κ3) is 1.28. The van der Waals surface area contributed by atoms with Crippen LogP contribution in [0.5, 0.6) is 0 Å². The zero-order valence-corrected chi connectivity index (χ0v) is 5.97. The molecule has 0 aliphatic carbocycles. The fraction of sp³-hybridized carbons (Fsp3) is 0. The normalized spacial score (nSPS) is 9.30. The van der Waals surface area contributed by atoms with Crippen LogP contribution in [0.25, 0.3) is 5.76 Å². The summed E-state index contributed by atoms with van der Waals surface area (Å²) < 4.78 is 0. The molecule has 3 heteroatoms. The van der Waals surface area contributed by atoms with Gasteiger partial charge in [0, 0.05) is 6.20 Å². The zero-order chi connectivity index (χ0) is 7.56. The summed E-state index contributed by atoms with van der Waals surface area (Å²) in [7, 11) is 0. The molecule has 0 saturated heterocycles. The lowest BCUT2D eigenvalue weighted by Gasteiger charge is -1.97.